The molecule has 4 heteroatoms. The van der Waals surface area contributed by atoms with Crippen LogP contribution in [0.15, 0.2) is 23.6 Å². The van der Waals surface area contributed by atoms with Crippen molar-refractivity contribution in [2.24, 2.45) is 0 Å². The molecular weight excluding hydrogens is 256 g/mol. The minimum Gasteiger partial charge on any atom is -0.346 e. The molecule has 19 heavy (non-hydrogen) atoms. The largest absolute Gasteiger partial charge is 0.346 e. The Morgan fingerprint density at radius 1 is 1.37 bits per heavy atom. The van der Waals surface area contributed by atoms with Gasteiger partial charge in [0.15, 0.2) is 0 Å². The van der Waals surface area contributed by atoms with Gasteiger partial charge in [-0.1, -0.05) is 6.07 Å². The Morgan fingerprint density at radius 2 is 2.21 bits per heavy atom. The summed E-state index contributed by atoms with van der Waals surface area (Å²) in [5.41, 5.74) is 4.49. The van der Waals surface area contributed by atoms with Crippen LogP contribution in [0.4, 0.5) is 0 Å². The third-order valence-corrected chi connectivity index (χ3v) is 4.39. The predicted octanol–water partition coefficient (Wildman–Crippen LogP) is 2.87. The van der Waals surface area contributed by atoms with E-state index < -0.39 is 0 Å². The Bertz CT molecular complexity index is 618. The van der Waals surface area contributed by atoms with Gasteiger partial charge in [-0.25, -0.2) is 4.98 Å². The van der Waals surface area contributed by atoms with Gasteiger partial charge in [-0.05, 0) is 49.4 Å². The number of carbonyl (C=O) groups excluding carboxylic acids is 1. The maximum absolute atomic E-state index is 12.1. The summed E-state index contributed by atoms with van der Waals surface area (Å²) in [7, 11) is 0. The molecule has 1 aromatic carbocycles. The number of rotatable bonds is 3. The summed E-state index contributed by atoms with van der Waals surface area (Å²) in [6.07, 6.45) is 3.45. The van der Waals surface area contributed by atoms with Crippen LogP contribution in [0.2, 0.25) is 0 Å². The molecule has 1 amide bonds. The summed E-state index contributed by atoms with van der Waals surface area (Å²) in [4.78, 5) is 16.4. The number of aromatic nitrogens is 1. The van der Waals surface area contributed by atoms with E-state index in [1.807, 2.05) is 24.4 Å². The van der Waals surface area contributed by atoms with Crippen molar-refractivity contribution in [3.8, 4) is 0 Å². The van der Waals surface area contributed by atoms with E-state index in [2.05, 4.69) is 16.4 Å². The predicted molar refractivity (Wildman–Crippen MR) is 76.5 cm³/mol. The van der Waals surface area contributed by atoms with Gasteiger partial charge in [0, 0.05) is 16.6 Å². The highest BCUT2D eigenvalue weighted by atomic mass is 32.1. The van der Waals surface area contributed by atoms with E-state index in [0.29, 0.717) is 6.54 Å². The van der Waals surface area contributed by atoms with Crippen LogP contribution in [-0.2, 0) is 19.4 Å². The highest BCUT2D eigenvalue weighted by Crippen LogP contribution is 2.22. The first kappa shape index (κ1) is 12.4. The number of nitrogens with zero attached hydrogens (tertiary/aromatic N) is 1. The quantitative estimate of drug-likeness (QED) is 0.933. The van der Waals surface area contributed by atoms with Gasteiger partial charge in [0.2, 0.25) is 0 Å². The highest BCUT2D eigenvalue weighted by molar-refractivity contribution is 7.09. The zero-order valence-electron chi connectivity index (χ0n) is 10.9. The van der Waals surface area contributed by atoms with Crippen LogP contribution in [0.5, 0.6) is 0 Å². The monoisotopic (exact) mass is 272 g/mol. The maximum Gasteiger partial charge on any atom is 0.251 e. The molecule has 0 unspecified atom stereocenters. The molecule has 0 saturated heterocycles. The van der Waals surface area contributed by atoms with Crippen molar-refractivity contribution >= 4 is 17.2 Å². The van der Waals surface area contributed by atoms with Gasteiger partial charge < -0.3 is 5.32 Å². The number of amides is 1. The lowest BCUT2D eigenvalue weighted by molar-refractivity contribution is 0.0951. The van der Waals surface area contributed by atoms with Crippen LogP contribution in [0.25, 0.3) is 0 Å². The third kappa shape index (κ3) is 2.68. The molecule has 0 aliphatic heterocycles. The molecule has 0 spiro atoms. The van der Waals surface area contributed by atoms with Crippen LogP contribution >= 0.6 is 11.3 Å². The molecule has 1 heterocycles. The minimum atomic E-state index is -0.0115. The molecule has 3 rings (SSSR count). The first-order valence-corrected chi connectivity index (χ1v) is 7.41. The molecule has 1 aromatic heterocycles. The number of aryl methyl sites for hydroxylation is 3. The van der Waals surface area contributed by atoms with Crippen LogP contribution in [0.1, 0.15) is 38.6 Å². The van der Waals surface area contributed by atoms with Gasteiger partial charge in [-0.15, -0.1) is 11.3 Å². The number of fused-ring (bicyclic) bond motifs is 1. The summed E-state index contributed by atoms with van der Waals surface area (Å²) in [5, 5.41) is 5.88. The lowest BCUT2D eigenvalue weighted by Gasteiger charge is -2.05. The Hall–Kier alpha value is -1.68. The van der Waals surface area contributed by atoms with Crippen LogP contribution in [-0.4, -0.2) is 10.9 Å². The number of benzene rings is 1. The van der Waals surface area contributed by atoms with Crippen molar-refractivity contribution in [3.63, 3.8) is 0 Å². The molecule has 0 bridgehead atoms. The Labute approximate surface area is 116 Å². The van der Waals surface area contributed by atoms with Gasteiger partial charge in [0.05, 0.1) is 6.54 Å². The zero-order chi connectivity index (χ0) is 13.2. The average molecular weight is 272 g/mol. The molecule has 0 radical (unpaired) electrons. The minimum absolute atomic E-state index is 0.0115. The Kier molecular flexibility index (Phi) is 3.34. The molecule has 1 aliphatic carbocycles. The Balaban J connectivity index is 1.67. The van der Waals surface area contributed by atoms with E-state index >= 15 is 0 Å². The standard InChI is InChI=1S/C15H16N2OS/c1-10-9-19-14(17-10)8-16-15(18)13-6-5-11-3-2-4-12(11)7-13/h5-7,9H,2-4,8H2,1H3,(H,16,18). The van der Waals surface area contributed by atoms with Crippen LogP contribution in [0, 0.1) is 6.92 Å². The number of hydrogen-bond donors (Lipinski definition) is 1. The number of thiazole rings is 1. The second-order valence-electron chi connectivity index (χ2n) is 4.90. The molecule has 1 N–H and O–H groups in total. The van der Waals surface area contributed by atoms with Crippen molar-refractivity contribution in [3.05, 3.63) is 51.0 Å². The molecule has 3 nitrogen and oxygen atoms in total. The van der Waals surface area contributed by atoms with E-state index in [9.17, 15) is 4.79 Å². The van der Waals surface area contributed by atoms with Crippen molar-refractivity contribution in [2.75, 3.05) is 0 Å². The van der Waals surface area contributed by atoms with Gasteiger partial charge in [-0.2, -0.15) is 0 Å². The number of hydrogen-bond acceptors (Lipinski definition) is 3. The van der Waals surface area contributed by atoms with Crippen LogP contribution in [0.3, 0.4) is 0 Å². The summed E-state index contributed by atoms with van der Waals surface area (Å²) in [6.45, 7) is 2.47. The molecule has 0 saturated carbocycles. The summed E-state index contributed by atoms with van der Waals surface area (Å²) < 4.78 is 0. The van der Waals surface area contributed by atoms with Crippen molar-refractivity contribution < 1.29 is 4.79 Å². The fraction of sp³-hybridized carbons (Fsp3) is 0.333. The van der Waals surface area contributed by atoms with E-state index in [4.69, 9.17) is 0 Å². The average Bonchev–Trinajstić information content (AvgIpc) is 3.03. The fourth-order valence-corrected chi connectivity index (χ4v) is 3.17. The van der Waals surface area contributed by atoms with E-state index in [0.717, 1.165) is 29.1 Å². The second kappa shape index (κ2) is 5.13. The molecular formula is C15H16N2OS. The topological polar surface area (TPSA) is 42.0 Å². The van der Waals surface area contributed by atoms with Gasteiger partial charge in [-0.3, -0.25) is 4.79 Å². The summed E-state index contributed by atoms with van der Waals surface area (Å²) in [5.74, 6) is -0.0115. The second-order valence-corrected chi connectivity index (χ2v) is 5.84. The molecule has 2 aromatic rings. The Morgan fingerprint density at radius 3 is 3.00 bits per heavy atom. The van der Waals surface area contributed by atoms with Crippen molar-refractivity contribution in [2.45, 2.75) is 32.7 Å². The fourth-order valence-electron chi connectivity index (χ4n) is 2.45. The molecule has 98 valence electrons. The highest BCUT2D eigenvalue weighted by Gasteiger charge is 2.13. The van der Waals surface area contributed by atoms with Gasteiger partial charge in [0.25, 0.3) is 5.91 Å². The lowest BCUT2D eigenvalue weighted by Crippen LogP contribution is -2.22. The first-order chi connectivity index (χ1) is 9.22. The van der Waals surface area contributed by atoms with E-state index in [1.54, 1.807) is 11.3 Å². The van der Waals surface area contributed by atoms with Crippen molar-refractivity contribution in [1.29, 1.82) is 0 Å². The number of nitrogens with one attached hydrogen (secondary N) is 1. The van der Waals surface area contributed by atoms with E-state index in [-0.39, 0.29) is 5.91 Å². The summed E-state index contributed by atoms with van der Waals surface area (Å²) >= 11 is 1.58. The van der Waals surface area contributed by atoms with Gasteiger partial charge >= 0.3 is 0 Å². The zero-order valence-corrected chi connectivity index (χ0v) is 11.7. The van der Waals surface area contributed by atoms with Crippen molar-refractivity contribution in [1.82, 2.24) is 10.3 Å². The van der Waals surface area contributed by atoms with Gasteiger partial charge in [0.1, 0.15) is 5.01 Å². The summed E-state index contributed by atoms with van der Waals surface area (Å²) in [6, 6.07) is 6.04. The molecule has 1 aliphatic rings. The number of carbonyl (C=O) groups is 1. The third-order valence-electron chi connectivity index (χ3n) is 3.43. The molecule has 0 atom stereocenters. The lowest BCUT2D eigenvalue weighted by atomic mass is 10.1. The maximum atomic E-state index is 12.1. The smallest absolute Gasteiger partial charge is 0.251 e. The molecule has 0 fully saturated rings. The van der Waals surface area contributed by atoms with E-state index in [1.165, 1.54) is 17.5 Å². The SMILES string of the molecule is Cc1csc(CNC(=O)c2ccc3c(c2)CCC3)n1. The first-order valence-electron chi connectivity index (χ1n) is 6.53. The van der Waals surface area contributed by atoms with Crippen LogP contribution < -0.4 is 5.32 Å². The normalized spacial score (nSPS) is 13.3.